The van der Waals surface area contributed by atoms with Gasteiger partial charge in [0.15, 0.2) is 0 Å². The third-order valence-corrected chi connectivity index (χ3v) is 5.50. The fourth-order valence-electron chi connectivity index (χ4n) is 3.86. The van der Waals surface area contributed by atoms with Gasteiger partial charge in [-0.1, -0.05) is 103 Å². The molecule has 1 N–H and O–H groups in total. The second kappa shape index (κ2) is 20.2. The highest BCUT2D eigenvalue weighted by Gasteiger charge is 2.24. The zero-order chi connectivity index (χ0) is 21.7. The normalized spacial score (nSPS) is 14.2. The van der Waals surface area contributed by atoms with Gasteiger partial charge in [0, 0.05) is 12.1 Å². The molecule has 0 radical (unpaired) electrons. The van der Waals surface area contributed by atoms with Gasteiger partial charge in [0.25, 0.3) is 0 Å². The zero-order valence-electron chi connectivity index (χ0n) is 19.9. The Morgan fingerprint density at radius 1 is 0.724 bits per heavy atom. The van der Waals surface area contributed by atoms with Crippen molar-refractivity contribution in [3.05, 3.63) is 24.3 Å². The van der Waals surface area contributed by atoms with Crippen LogP contribution in [0.3, 0.4) is 0 Å². The predicted molar refractivity (Wildman–Crippen MR) is 128 cm³/mol. The average molecular weight is 408 g/mol. The smallest absolute Gasteiger partial charge is 0.317 e. The molecule has 3 nitrogen and oxygen atoms in total. The van der Waals surface area contributed by atoms with Crippen LogP contribution in [0.25, 0.3) is 0 Å². The first-order valence-electron chi connectivity index (χ1n) is 12.4. The molecule has 0 saturated carbocycles. The lowest BCUT2D eigenvalue weighted by molar-refractivity contribution is -0.139. The molecule has 0 saturated heterocycles. The van der Waals surface area contributed by atoms with E-state index in [0.29, 0.717) is 0 Å². The molecule has 0 aromatic heterocycles. The van der Waals surface area contributed by atoms with Crippen LogP contribution in [0, 0.1) is 0 Å². The summed E-state index contributed by atoms with van der Waals surface area (Å²) >= 11 is 0. The second-order valence-corrected chi connectivity index (χ2v) is 8.33. The maximum Gasteiger partial charge on any atom is 0.317 e. The molecule has 3 heteroatoms. The fourth-order valence-corrected chi connectivity index (χ4v) is 3.86. The molecule has 0 bridgehead atoms. The highest BCUT2D eigenvalue weighted by Crippen LogP contribution is 2.19. The van der Waals surface area contributed by atoms with Gasteiger partial charge in [-0.15, -0.1) is 0 Å². The number of carboxylic acid groups (broad SMARTS) is 1. The standard InChI is InChI=1S/C26H49NO2/c1-5-9-11-13-15-17-21-24(19-7-3)27(23-26(28)29)25(20-8-4)22-18-16-14-12-10-6-2/h17-18,21-22,24-25H,5-16,19-20,23H2,1-4H3,(H,28,29)/b21-17+,22-18+. The summed E-state index contributed by atoms with van der Waals surface area (Å²) in [4.78, 5) is 13.9. The Morgan fingerprint density at radius 2 is 1.17 bits per heavy atom. The lowest BCUT2D eigenvalue weighted by Gasteiger charge is -2.34. The molecule has 0 heterocycles. The van der Waals surface area contributed by atoms with Crippen LogP contribution < -0.4 is 0 Å². The van der Waals surface area contributed by atoms with E-state index < -0.39 is 5.97 Å². The van der Waals surface area contributed by atoms with Crippen molar-refractivity contribution in [3.8, 4) is 0 Å². The van der Waals surface area contributed by atoms with E-state index in [9.17, 15) is 9.90 Å². The quantitative estimate of drug-likeness (QED) is 0.165. The van der Waals surface area contributed by atoms with Gasteiger partial charge in [-0.05, 0) is 38.5 Å². The highest BCUT2D eigenvalue weighted by molar-refractivity contribution is 5.69. The number of hydrogen-bond acceptors (Lipinski definition) is 2. The summed E-state index contributed by atoms with van der Waals surface area (Å²) in [6.45, 7) is 8.98. The molecule has 0 rings (SSSR count). The number of aliphatic carboxylic acids is 1. The van der Waals surface area contributed by atoms with E-state index in [1.54, 1.807) is 0 Å². The van der Waals surface area contributed by atoms with E-state index in [2.05, 4.69) is 56.9 Å². The molecule has 29 heavy (non-hydrogen) atoms. The maximum absolute atomic E-state index is 11.6. The van der Waals surface area contributed by atoms with E-state index in [1.165, 1.54) is 51.4 Å². The summed E-state index contributed by atoms with van der Waals surface area (Å²) in [5.74, 6) is -0.722. The van der Waals surface area contributed by atoms with Gasteiger partial charge < -0.3 is 5.11 Å². The van der Waals surface area contributed by atoms with Gasteiger partial charge in [0.2, 0.25) is 0 Å². The maximum atomic E-state index is 11.6. The average Bonchev–Trinajstić information content (AvgIpc) is 2.69. The van der Waals surface area contributed by atoms with Crippen molar-refractivity contribution < 1.29 is 9.90 Å². The van der Waals surface area contributed by atoms with Gasteiger partial charge in [-0.3, -0.25) is 9.69 Å². The second-order valence-electron chi connectivity index (χ2n) is 8.33. The molecular weight excluding hydrogens is 358 g/mol. The molecule has 2 atom stereocenters. The van der Waals surface area contributed by atoms with Crippen molar-refractivity contribution >= 4 is 5.97 Å². The molecule has 2 unspecified atom stereocenters. The summed E-state index contributed by atoms with van der Waals surface area (Å²) in [6.07, 6.45) is 25.7. The molecule has 0 fully saturated rings. The Hall–Kier alpha value is -1.09. The summed E-state index contributed by atoms with van der Waals surface area (Å²) in [6, 6.07) is 0.423. The fraction of sp³-hybridized carbons (Fsp3) is 0.808. The van der Waals surface area contributed by atoms with Crippen LogP contribution in [0.1, 0.15) is 118 Å². The van der Waals surface area contributed by atoms with Crippen LogP contribution in [0.4, 0.5) is 0 Å². The van der Waals surface area contributed by atoms with Crippen LogP contribution in [0.2, 0.25) is 0 Å². The number of carboxylic acids is 1. The Kier molecular flexibility index (Phi) is 19.4. The van der Waals surface area contributed by atoms with Gasteiger partial charge in [0.05, 0.1) is 6.54 Å². The van der Waals surface area contributed by atoms with Crippen molar-refractivity contribution in [2.24, 2.45) is 0 Å². The largest absolute Gasteiger partial charge is 0.480 e. The number of unbranched alkanes of at least 4 members (excludes halogenated alkanes) is 8. The number of rotatable bonds is 20. The summed E-state index contributed by atoms with van der Waals surface area (Å²) in [5, 5.41) is 9.57. The number of nitrogens with zero attached hydrogens (tertiary/aromatic N) is 1. The van der Waals surface area contributed by atoms with Crippen LogP contribution in [0.5, 0.6) is 0 Å². The van der Waals surface area contributed by atoms with Crippen LogP contribution in [0.15, 0.2) is 24.3 Å². The molecule has 0 amide bonds. The van der Waals surface area contributed by atoms with Gasteiger partial charge in [-0.2, -0.15) is 0 Å². The minimum absolute atomic E-state index is 0.121. The molecule has 170 valence electrons. The van der Waals surface area contributed by atoms with Gasteiger partial charge >= 0.3 is 5.97 Å². The van der Waals surface area contributed by atoms with E-state index in [0.717, 1.165) is 38.5 Å². The van der Waals surface area contributed by atoms with Crippen molar-refractivity contribution in [1.82, 2.24) is 4.90 Å². The molecule has 0 spiro atoms. The first-order chi connectivity index (χ1) is 14.1. The molecule has 0 aliphatic rings. The van der Waals surface area contributed by atoms with Crippen molar-refractivity contribution in [1.29, 1.82) is 0 Å². The van der Waals surface area contributed by atoms with E-state index in [4.69, 9.17) is 0 Å². The van der Waals surface area contributed by atoms with E-state index in [-0.39, 0.29) is 18.6 Å². The predicted octanol–water partition coefficient (Wildman–Crippen LogP) is 7.76. The third-order valence-electron chi connectivity index (χ3n) is 5.50. The third kappa shape index (κ3) is 15.4. The van der Waals surface area contributed by atoms with Crippen LogP contribution in [-0.2, 0) is 4.79 Å². The lowest BCUT2D eigenvalue weighted by Crippen LogP contribution is -2.44. The van der Waals surface area contributed by atoms with Crippen molar-refractivity contribution in [2.45, 2.75) is 130 Å². The first-order valence-corrected chi connectivity index (χ1v) is 12.4. The number of allylic oxidation sites excluding steroid dienone is 2. The molecule has 0 aliphatic carbocycles. The van der Waals surface area contributed by atoms with Crippen molar-refractivity contribution in [3.63, 3.8) is 0 Å². The summed E-state index contributed by atoms with van der Waals surface area (Å²) in [7, 11) is 0. The first kappa shape index (κ1) is 27.9. The molecular formula is C26H49NO2. The van der Waals surface area contributed by atoms with Crippen LogP contribution in [-0.4, -0.2) is 34.6 Å². The molecule has 0 aromatic rings. The number of hydrogen-bond donors (Lipinski definition) is 1. The molecule has 0 aliphatic heterocycles. The Bertz CT molecular complexity index is 398. The summed E-state index contributed by atoms with van der Waals surface area (Å²) < 4.78 is 0. The van der Waals surface area contributed by atoms with E-state index >= 15 is 0 Å². The zero-order valence-corrected chi connectivity index (χ0v) is 19.9. The number of carbonyl (C=O) groups is 1. The SMILES string of the molecule is CCCCCC/C=C/C(CCC)N(CC(=O)O)C(/C=C/CCCCCC)CCC. The van der Waals surface area contributed by atoms with Gasteiger partial charge in [-0.25, -0.2) is 0 Å². The lowest BCUT2D eigenvalue weighted by atomic mass is 10.0. The Labute approximate surface area is 181 Å². The minimum Gasteiger partial charge on any atom is -0.480 e. The molecule has 0 aromatic carbocycles. The van der Waals surface area contributed by atoms with E-state index in [1.807, 2.05) is 0 Å². The topological polar surface area (TPSA) is 40.5 Å². The monoisotopic (exact) mass is 407 g/mol. The van der Waals surface area contributed by atoms with Crippen molar-refractivity contribution in [2.75, 3.05) is 6.54 Å². The van der Waals surface area contributed by atoms with Crippen LogP contribution >= 0.6 is 0 Å². The Balaban J connectivity index is 5.10. The highest BCUT2D eigenvalue weighted by atomic mass is 16.4. The summed E-state index contributed by atoms with van der Waals surface area (Å²) in [5.41, 5.74) is 0. The van der Waals surface area contributed by atoms with Gasteiger partial charge in [0.1, 0.15) is 0 Å². The Morgan fingerprint density at radius 3 is 1.52 bits per heavy atom. The minimum atomic E-state index is -0.722.